The Morgan fingerprint density at radius 2 is 0.679 bits per heavy atom. The minimum atomic E-state index is 1.11. The van der Waals surface area contributed by atoms with Crippen molar-refractivity contribution in [2.75, 3.05) is 0 Å². The molecule has 0 unspecified atom stereocenters. The van der Waals surface area contributed by atoms with Crippen molar-refractivity contribution in [3.8, 4) is 56.1 Å². The Hall–Kier alpha value is -6.38. The van der Waals surface area contributed by atoms with Crippen LogP contribution in [0.2, 0.25) is 0 Å². The first-order valence-electron chi connectivity index (χ1n) is 20.4. The topological polar surface area (TPSA) is 9.86 Å². The molecule has 0 amide bonds. The van der Waals surface area contributed by atoms with Gasteiger partial charge in [-0.15, -0.1) is 0 Å². The lowest BCUT2D eigenvalue weighted by molar-refractivity contribution is 0.795. The molecule has 0 fully saturated rings. The van der Waals surface area contributed by atoms with Gasteiger partial charge in [0, 0.05) is 22.1 Å². The SMILES string of the molecule is CCCCc1ccc(-n2c(-c3ccc(-c4ccccc4)cc3)cc3cc4c(cc(-c5ccc(-c6ccccc6)cc5)n4-c4ccc(CCCC)cc4)cc32)cc1. The summed E-state index contributed by atoms with van der Waals surface area (Å²) in [6.07, 6.45) is 7.03. The molecule has 2 heterocycles. The molecule has 0 aliphatic carbocycles. The summed E-state index contributed by atoms with van der Waals surface area (Å²) in [7, 11) is 0. The Morgan fingerprint density at radius 3 is 1.04 bits per heavy atom. The van der Waals surface area contributed by atoms with E-state index in [-0.39, 0.29) is 0 Å². The number of nitrogens with zero attached hydrogens (tertiary/aromatic N) is 2. The van der Waals surface area contributed by atoms with E-state index in [4.69, 9.17) is 0 Å². The minimum Gasteiger partial charge on any atom is -0.309 e. The smallest absolute Gasteiger partial charge is 0.0542 e. The molecule has 0 saturated heterocycles. The van der Waals surface area contributed by atoms with E-state index < -0.39 is 0 Å². The summed E-state index contributed by atoms with van der Waals surface area (Å²) in [6, 6.07) is 67.5. The predicted octanol–water partition coefficient (Wildman–Crippen LogP) is 14.9. The van der Waals surface area contributed by atoms with Crippen LogP contribution >= 0.6 is 0 Å². The van der Waals surface area contributed by atoms with Gasteiger partial charge in [-0.05, 0) is 119 Å². The number of hydrogen-bond acceptors (Lipinski definition) is 0. The van der Waals surface area contributed by atoms with E-state index in [2.05, 4.69) is 205 Å². The quantitative estimate of drug-likeness (QED) is 0.119. The van der Waals surface area contributed by atoms with Gasteiger partial charge in [-0.2, -0.15) is 0 Å². The normalized spacial score (nSPS) is 11.5. The molecule has 2 nitrogen and oxygen atoms in total. The van der Waals surface area contributed by atoms with Crippen molar-refractivity contribution in [1.82, 2.24) is 9.13 Å². The zero-order chi connectivity index (χ0) is 37.8. The molecular weight excluding hydrogens is 677 g/mol. The third-order valence-corrected chi connectivity index (χ3v) is 11.3. The standard InChI is InChI=1S/C54H48N2/c1-3-5-13-39-19-31-49(32-20-39)55-51(45-27-23-43(24-28-45)41-15-9-7-10-16-41)35-47-38-54-48(37-53(47)55)36-52(56(54)50-33-21-40(22-34-50)14-6-4-2)46-29-25-44(26-30-46)42-17-11-8-12-18-42/h7-12,15-38H,3-6,13-14H2,1-2H3. The predicted molar refractivity (Wildman–Crippen MR) is 239 cm³/mol. The molecule has 9 rings (SSSR count). The highest BCUT2D eigenvalue weighted by Crippen LogP contribution is 2.39. The summed E-state index contributed by atoms with van der Waals surface area (Å²) in [5, 5.41) is 2.44. The molecular formula is C54H48N2. The van der Waals surface area contributed by atoms with Crippen molar-refractivity contribution in [3.63, 3.8) is 0 Å². The van der Waals surface area contributed by atoms with Crippen molar-refractivity contribution < 1.29 is 0 Å². The van der Waals surface area contributed by atoms with Gasteiger partial charge in [0.05, 0.1) is 22.4 Å². The van der Waals surface area contributed by atoms with Crippen LogP contribution in [0.5, 0.6) is 0 Å². The summed E-state index contributed by atoms with van der Waals surface area (Å²) < 4.78 is 4.92. The van der Waals surface area contributed by atoms with Crippen LogP contribution in [0.15, 0.2) is 182 Å². The zero-order valence-corrected chi connectivity index (χ0v) is 32.5. The van der Waals surface area contributed by atoms with Crippen LogP contribution in [-0.4, -0.2) is 9.13 Å². The first-order valence-corrected chi connectivity index (χ1v) is 20.4. The van der Waals surface area contributed by atoms with Gasteiger partial charge in [0.25, 0.3) is 0 Å². The molecule has 56 heavy (non-hydrogen) atoms. The number of aryl methyl sites for hydroxylation is 2. The second-order valence-electron chi connectivity index (χ2n) is 15.1. The van der Waals surface area contributed by atoms with E-state index >= 15 is 0 Å². The molecule has 274 valence electrons. The Kier molecular flexibility index (Phi) is 9.95. The van der Waals surface area contributed by atoms with Gasteiger partial charge < -0.3 is 9.13 Å². The highest BCUT2D eigenvalue weighted by atomic mass is 15.0. The van der Waals surface area contributed by atoms with Crippen LogP contribution in [0.1, 0.15) is 50.7 Å². The lowest BCUT2D eigenvalue weighted by Gasteiger charge is -2.14. The van der Waals surface area contributed by atoms with E-state index in [1.54, 1.807) is 0 Å². The third kappa shape index (κ3) is 7.00. The van der Waals surface area contributed by atoms with Gasteiger partial charge in [-0.25, -0.2) is 0 Å². The second-order valence-corrected chi connectivity index (χ2v) is 15.1. The number of unbranched alkanes of at least 4 members (excludes halogenated alkanes) is 2. The summed E-state index contributed by atoms with van der Waals surface area (Å²) in [5.74, 6) is 0. The van der Waals surface area contributed by atoms with Crippen molar-refractivity contribution in [3.05, 3.63) is 193 Å². The molecule has 0 radical (unpaired) electrons. The molecule has 0 aliphatic rings. The van der Waals surface area contributed by atoms with Crippen LogP contribution in [-0.2, 0) is 12.8 Å². The number of aromatic nitrogens is 2. The van der Waals surface area contributed by atoms with Crippen LogP contribution in [0.4, 0.5) is 0 Å². The van der Waals surface area contributed by atoms with Crippen molar-refractivity contribution in [2.45, 2.75) is 52.4 Å². The molecule has 0 N–H and O–H groups in total. The van der Waals surface area contributed by atoms with Crippen LogP contribution in [0, 0.1) is 0 Å². The number of fused-ring (bicyclic) bond motifs is 2. The molecule has 0 saturated carbocycles. The van der Waals surface area contributed by atoms with Gasteiger partial charge in [0.1, 0.15) is 0 Å². The molecule has 2 aromatic heterocycles. The maximum atomic E-state index is 2.46. The van der Waals surface area contributed by atoms with Crippen LogP contribution in [0.25, 0.3) is 77.9 Å². The molecule has 2 heteroatoms. The number of rotatable bonds is 12. The molecule has 0 spiro atoms. The van der Waals surface area contributed by atoms with Gasteiger partial charge >= 0.3 is 0 Å². The monoisotopic (exact) mass is 724 g/mol. The average molecular weight is 725 g/mol. The van der Waals surface area contributed by atoms with Crippen molar-refractivity contribution in [1.29, 1.82) is 0 Å². The van der Waals surface area contributed by atoms with Crippen molar-refractivity contribution >= 4 is 21.8 Å². The minimum absolute atomic E-state index is 1.11. The highest BCUT2D eigenvalue weighted by molar-refractivity contribution is 6.02. The van der Waals surface area contributed by atoms with Gasteiger partial charge in [-0.1, -0.05) is 160 Å². The highest BCUT2D eigenvalue weighted by Gasteiger charge is 2.19. The largest absolute Gasteiger partial charge is 0.309 e. The lowest BCUT2D eigenvalue weighted by Crippen LogP contribution is -1.98. The zero-order valence-electron chi connectivity index (χ0n) is 32.5. The summed E-state index contributed by atoms with van der Waals surface area (Å²) in [5.41, 5.74) is 17.3. The van der Waals surface area contributed by atoms with E-state index in [0.717, 1.165) is 12.8 Å². The fourth-order valence-electron chi connectivity index (χ4n) is 8.21. The molecule has 7 aromatic carbocycles. The third-order valence-electron chi connectivity index (χ3n) is 11.3. The molecule has 9 aromatic rings. The molecule has 0 aliphatic heterocycles. The maximum absolute atomic E-state index is 2.46. The summed E-state index contributed by atoms with van der Waals surface area (Å²) in [6.45, 7) is 4.52. The van der Waals surface area contributed by atoms with E-state index in [9.17, 15) is 0 Å². The number of benzene rings is 7. The molecule has 0 atom stereocenters. The average Bonchev–Trinajstić information content (AvgIpc) is 3.83. The summed E-state index contributed by atoms with van der Waals surface area (Å²) >= 11 is 0. The Balaban J connectivity index is 1.22. The summed E-state index contributed by atoms with van der Waals surface area (Å²) in [4.78, 5) is 0. The lowest BCUT2D eigenvalue weighted by atomic mass is 10.0. The van der Waals surface area contributed by atoms with E-state index in [0.29, 0.717) is 0 Å². The maximum Gasteiger partial charge on any atom is 0.0542 e. The Labute approximate surface area is 331 Å². The Bertz CT molecular complexity index is 2500. The van der Waals surface area contributed by atoms with Gasteiger partial charge in [-0.3, -0.25) is 0 Å². The fraction of sp³-hybridized carbons (Fsp3) is 0.148. The van der Waals surface area contributed by atoms with Crippen molar-refractivity contribution in [2.24, 2.45) is 0 Å². The number of hydrogen-bond donors (Lipinski definition) is 0. The van der Waals surface area contributed by atoms with Crippen LogP contribution in [0.3, 0.4) is 0 Å². The van der Waals surface area contributed by atoms with Gasteiger partial charge in [0.15, 0.2) is 0 Å². The van der Waals surface area contributed by atoms with E-state index in [1.165, 1.54) is 115 Å². The Morgan fingerprint density at radius 1 is 0.339 bits per heavy atom. The van der Waals surface area contributed by atoms with Gasteiger partial charge in [0.2, 0.25) is 0 Å². The molecule has 0 bridgehead atoms. The fourth-order valence-corrected chi connectivity index (χ4v) is 8.21. The first-order chi connectivity index (χ1) is 27.7. The van der Waals surface area contributed by atoms with Crippen LogP contribution < -0.4 is 0 Å². The van der Waals surface area contributed by atoms with E-state index in [1.807, 2.05) is 0 Å². The first kappa shape index (κ1) is 35.3. The second kappa shape index (κ2) is 15.8.